The average molecular weight is 289 g/mol. The molecule has 0 bridgehead atoms. The summed E-state index contributed by atoms with van der Waals surface area (Å²) in [7, 11) is 0. The molecule has 0 aliphatic heterocycles. The first-order chi connectivity index (χ1) is 10.1. The van der Waals surface area contributed by atoms with Crippen LogP contribution in [0.5, 0.6) is 0 Å². The zero-order valence-corrected chi connectivity index (χ0v) is 12.0. The third kappa shape index (κ3) is 5.02. The van der Waals surface area contributed by atoms with Crippen LogP contribution in [-0.4, -0.2) is 23.7 Å². The molecular formula is C16H19NO4. The van der Waals surface area contributed by atoms with E-state index in [1.807, 2.05) is 6.07 Å². The Morgan fingerprint density at radius 1 is 1.19 bits per heavy atom. The molecule has 0 heterocycles. The third-order valence-electron chi connectivity index (χ3n) is 3.19. The van der Waals surface area contributed by atoms with Gasteiger partial charge in [-0.25, -0.2) is 0 Å². The molecule has 5 nitrogen and oxygen atoms in total. The minimum Gasteiger partial charge on any atom is -0.447 e. The molecule has 1 saturated carbocycles. The van der Waals surface area contributed by atoms with Gasteiger partial charge in [-0.3, -0.25) is 9.59 Å². The van der Waals surface area contributed by atoms with Gasteiger partial charge >= 0.3 is 5.97 Å². The second kappa shape index (κ2) is 7.02. The molecule has 5 heteroatoms. The fourth-order valence-corrected chi connectivity index (χ4v) is 1.87. The predicted molar refractivity (Wildman–Crippen MR) is 76.4 cm³/mol. The van der Waals surface area contributed by atoms with E-state index in [1.54, 1.807) is 24.3 Å². The van der Waals surface area contributed by atoms with Crippen LogP contribution in [0.25, 0.3) is 0 Å². The van der Waals surface area contributed by atoms with Crippen LogP contribution < -0.4 is 5.32 Å². The number of nitrogens with one attached hydrogen (secondary N) is 1. The maximum Gasteiger partial charge on any atom is 0.307 e. The normalized spacial score (nSPS) is 15.1. The summed E-state index contributed by atoms with van der Waals surface area (Å²) < 4.78 is 5.27. The number of carbonyl (C=O) groups is 3. The summed E-state index contributed by atoms with van der Waals surface area (Å²) in [6.45, 7) is 1.42. The van der Waals surface area contributed by atoms with Crippen LogP contribution >= 0.6 is 0 Å². The van der Waals surface area contributed by atoms with Crippen molar-refractivity contribution in [3.05, 3.63) is 35.9 Å². The number of rotatable bonds is 7. The van der Waals surface area contributed by atoms with Crippen molar-refractivity contribution in [2.75, 3.05) is 0 Å². The van der Waals surface area contributed by atoms with Gasteiger partial charge in [-0.2, -0.15) is 0 Å². The number of Topliss-reactive ketones (excluding diaryl/α,β-unsaturated/α-hetero) is 1. The van der Waals surface area contributed by atoms with Crippen LogP contribution in [0.2, 0.25) is 0 Å². The summed E-state index contributed by atoms with van der Waals surface area (Å²) in [6.07, 6.45) is 1.10. The maximum atomic E-state index is 12.2. The molecule has 0 aromatic heterocycles. The van der Waals surface area contributed by atoms with Crippen molar-refractivity contribution in [2.24, 2.45) is 0 Å². The molecule has 1 N–H and O–H groups in total. The molecule has 21 heavy (non-hydrogen) atoms. The summed E-state index contributed by atoms with van der Waals surface area (Å²) >= 11 is 0. The minimum atomic E-state index is -0.953. The molecule has 2 rings (SSSR count). The molecule has 1 aliphatic rings. The van der Waals surface area contributed by atoms with E-state index in [4.69, 9.17) is 4.74 Å². The Bertz CT molecular complexity index is 522. The number of ketones is 1. The Labute approximate surface area is 123 Å². The Balaban J connectivity index is 2.02. The van der Waals surface area contributed by atoms with Crippen LogP contribution in [0.15, 0.2) is 30.3 Å². The van der Waals surface area contributed by atoms with Crippen LogP contribution in [-0.2, 0) is 19.1 Å². The summed E-state index contributed by atoms with van der Waals surface area (Å²) in [6, 6.07) is 9.09. The van der Waals surface area contributed by atoms with E-state index in [0.717, 1.165) is 12.8 Å². The minimum absolute atomic E-state index is 0.00459. The van der Waals surface area contributed by atoms with E-state index in [9.17, 15) is 14.4 Å². The molecule has 0 unspecified atom stereocenters. The molecule has 0 spiro atoms. The molecule has 1 aromatic rings. The highest BCUT2D eigenvalue weighted by atomic mass is 16.5. The molecule has 1 amide bonds. The first kappa shape index (κ1) is 15.2. The number of benzene rings is 1. The SMILES string of the molecule is CC(=O)CCC(=O)O[C@H](C(=O)NC1CC1)c1ccccc1. The van der Waals surface area contributed by atoms with Crippen molar-refractivity contribution in [1.82, 2.24) is 5.32 Å². The number of esters is 1. The number of hydrogen-bond donors (Lipinski definition) is 1. The highest BCUT2D eigenvalue weighted by molar-refractivity contribution is 5.86. The van der Waals surface area contributed by atoms with Crippen LogP contribution in [0.1, 0.15) is 44.3 Å². The second-order valence-electron chi connectivity index (χ2n) is 5.27. The maximum absolute atomic E-state index is 12.2. The third-order valence-corrected chi connectivity index (χ3v) is 3.19. The lowest BCUT2D eigenvalue weighted by Gasteiger charge is -2.17. The van der Waals surface area contributed by atoms with Gasteiger partial charge in [0.2, 0.25) is 6.10 Å². The topological polar surface area (TPSA) is 72.5 Å². The van der Waals surface area contributed by atoms with Crippen molar-refractivity contribution in [1.29, 1.82) is 0 Å². The largest absolute Gasteiger partial charge is 0.447 e. The lowest BCUT2D eigenvalue weighted by Crippen LogP contribution is -2.33. The van der Waals surface area contributed by atoms with Crippen molar-refractivity contribution >= 4 is 17.7 Å². The van der Waals surface area contributed by atoms with Gasteiger partial charge in [0.15, 0.2) is 0 Å². The molecule has 1 aromatic carbocycles. The van der Waals surface area contributed by atoms with Crippen molar-refractivity contribution in [3.63, 3.8) is 0 Å². The molecule has 0 saturated heterocycles. The zero-order chi connectivity index (χ0) is 15.2. The van der Waals surface area contributed by atoms with E-state index < -0.39 is 12.1 Å². The van der Waals surface area contributed by atoms with Gasteiger partial charge in [0.1, 0.15) is 5.78 Å². The highest BCUT2D eigenvalue weighted by Crippen LogP contribution is 2.23. The molecule has 112 valence electrons. The standard InChI is InChI=1S/C16H19NO4/c1-11(18)7-10-14(19)21-15(12-5-3-2-4-6-12)16(20)17-13-8-9-13/h2-6,13,15H,7-10H2,1H3,(H,17,20)/t15-/m0/s1. The Morgan fingerprint density at radius 3 is 2.43 bits per heavy atom. The van der Waals surface area contributed by atoms with E-state index in [0.29, 0.717) is 5.56 Å². The summed E-state index contributed by atoms with van der Waals surface area (Å²) in [5, 5.41) is 2.84. The summed E-state index contributed by atoms with van der Waals surface area (Å²) in [4.78, 5) is 34.9. The lowest BCUT2D eigenvalue weighted by molar-refractivity contribution is -0.157. The average Bonchev–Trinajstić information content (AvgIpc) is 3.27. The van der Waals surface area contributed by atoms with Gasteiger partial charge in [0.25, 0.3) is 5.91 Å². The smallest absolute Gasteiger partial charge is 0.307 e. The molecule has 1 aliphatic carbocycles. The molecule has 0 radical (unpaired) electrons. The van der Waals surface area contributed by atoms with Gasteiger partial charge in [-0.1, -0.05) is 30.3 Å². The first-order valence-corrected chi connectivity index (χ1v) is 7.10. The lowest BCUT2D eigenvalue weighted by atomic mass is 10.1. The number of amides is 1. The molecule has 1 atom stereocenters. The Hall–Kier alpha value is -2.17. The van der Waals surface area contributed by atoms with Crippen molar-refractivity contribution < 1.29 is 19.1 Å². The number of carbonyl (C=O) groups excluding carboxylic acids is 3. The predicted octanol–water partition coefficient (Wildman–Crippen LogP) is 1.92. The van der Waals surface area contributed by atoms with Gasteiger partial charge in [-0.05, 0) is 19.8 Å². The van der Waals surface area contributed by atoms with E-state index in [1.165, 1.54) is 6.92 Å². The summed E-state index contributed by atoms with van der Waals surface area (Å²) in [5.74, 6) is -0.921. The van der Waals surface area contributed by atoms with Crippen molar-refractivity contribution in [3.8, 4) is 0 Å². The quantitative estimate of drug-likeness (QED) is 0.778. The highest BCUT2D eigenvalue weighted by Gasteiger charge is 2.30. The van der Waals surface area contributed by atoms with Gasteiger partial charge in [0.05, 0.1) is 6.42 Å². The van der Waals surface area contributed by atoms with E-state index in [2.05, 4.69) is 5.32 Å². The second-order valence-corrected chi connectivity index (χ2v) is 5.27. The van der Waals surface area contributed by atoms with Crippen LogP contribution in [0, 0.1) is 0 Å². The Kier molecular flexibility index (Phi) is 5.09. The Morgan fingerprint density at radius 2 is 1.86 bits per heavy atom. The van der Waals surface area contributed by atoms with Crippen molar-refractivity contribution in [2.45, 2.75) is 44.8 Å². The number of hydrogen-bond acceptors (Lipinski definition) is 4. The van der Waals surface area contributed by atoms with E-state index >= 15 is 0 Å². The van der Waals surface area contributed by atoms with Crippen LogP contribution in [0.3, 0.4) is 0 Å². The molecule has 1 fully saturated rings. The zero-order valence-electron chi connectivity index (χ0n) is 12.0. The van der Waals surface area contributed by atoms with Gasteiger partial charge in [-0.15, -0.1) is 0 Å². The monoisotopic (exact) mass is 289 g/mol. The van der Waals surface area contributed by atoms with Gasteiger partial charge in [0, 0.05) is 18.0 Å². The number of ether oxygens (including phenoxy) is 1. The fourth-order valence-electron chi connectivity index (χ4n) is 1.87. The summed E-state index contributed by atoms with van der Waals surface area (Å²) in [5.41, 5.74) is 0.631. The molecular weight excluding hydrogens is 270 g/mol. The van der Waals surface area contributed by atoms with E-state index in [-0.39, 0.29) is 30.6 Å². The van der Waals surface area contributed by atoms with Gasteiger partial charge < -0.3 is 14.8 Å². The first-order valence-electron chi connectivity index (χ1n) is 7.10. The van der Waals surface area contributed by atoms with Crippen LogP contribution in [0.4, 0.5) is 0 Å². The fraction of sp³-hybridized carbons (Fsp3) is 0.438.